The van der Waals surface area contributed by atoms with Crippen LogP contribution < -0.4 is 16.6 Å². The Kier molecular flexibility index (Phi) is 4.44. The van der Waals surface area contributed by atoms with Gasteiger partial charge >= 0.3 is 0 Å². The van der Waals surface area contributed by atoms with Crippen molar-refractivity contribution in [3.63, 3.8) is 0 Å². The number of hydrogen-bond acceptors (Lipinski definition) is 8. The molecule has 5 N–H and O–H groups in total. The van der Waals surface area contributed by atoms with Gasteiger partial charge in [-0.05, 0) is 0 Å². The molecular formula is C10H17N7O2. The first-order chi connectivity index (χ1) is 9.28. The average molecular weight is 267 g/mol. The summed E-state index contributed by atoms with van der Waals surface area (Å²) in [4.78, 5) is 8.38. The molecule has 9 heteroatoms. The third kappa shape index (κ3) is 3.08. The fourth-order valence-corrected chi connectivity index (χ4v) is 1.64. The minimum Gasteiger partial charge on any atom is -0.382 e. The summed E-state index contributed by atoms with van der Waals surface area (Å²) < 4.78 is 10.3. The topological polar surface area (TPSA) is 123 Å². The van der Waals surface area contributed by atoms with Crippen LogP contribution in [0, 0.1) is 0 Å². The normalized spacial score (nSPS) is 12.6. The Morgan fingerprint density at radius 2 is 2.26 bits per heavy atom. The second-order valence-corrected chi connectivity index (χ2v) is 3.87. The average Bonchev–Trinajstić information content (AvgIpc) is 2.91. The van der Waals surface area contributed by atoms with E-state index >= 15 is 0 Å². The van der Waals surface area contributed by atoms with Crippen molar-refractivity contribution in [2.45, 2.75) is 6.10 Å². The van der Waals surface area contributed by atoms with Crippen molar-refractivity contribution in [1.29, 1.82) is 0 Å². The van der Waals surface area contributed by atoms with Crippen LogP contribution in [0.3, 0.4) is 0 Å². The summed E-state index contributed by atoms with van der Waals surface area (Å²) in [5, 5.41) is 10.7. The largest absolute Gasteiger partial charge is 0.382 e. The smallest absolute Gasteiger partial charge is 0.241 e. The van der Waals surface area contributed by atoms with Gasteiger partial charge in [-0.15, -0.1) is 0 Å². The maximum atomic E-state index is 5.33. The van der Waals surface area contributed by atoms with Crippen LogP contribution in [0.15, 0.2) is 6.20 Å². The molecule has 0 spiro atoms. The molecule has 19 heavy (non-hydrogen) atoms. The zero-order valence-corrected chi connectivity index (χ0v) is 10.8. The van der Waals surface area contributed by atoms with Gasteiger partial charge in [0.15, 0.2) is 5.65 Å². The molecule has 2 aromatic rings. The van der Waals surface area contributed by atoms with Gasteiger partial charge in [-0.3, -0.25) is 10.5 Å². The Hall–Kier alpha value is -1.97. The van der Waals surface area contributed by atoms with Crippen molar-refractivity contribution in [1.82, 2.24) is 20.2 Å². The van der Waals surface area contributed by atoms with E-state index in [1.165, 1.54) is 0 Å². The van der Waals surface area contributed by atoms with Crippen LogP contribution >= 0.6 is 0 Å². The van der Waals surface area contributed by atoms with Crippen LogP contribution in [0.1, 0.15) is 0 Å². The lowest BCUT2D eigenvalue weighted by atomic mass is 10.3. The molecule has 0 saturated carbocycles. The molecule has 0 aliphatic rings. The number of rotatable bonds is 7. The molecule has 9 nitrogen and oxygen atoms in total. The molecule has 0 aliphatic heterocycles. The predicted octanol–water partition coefficient (Wildman–Crippen LogP) is -0.288. The molecule has 2 heterocycles. The predicted molar refractivity (Wildman–Crippen MR) is 70.7 cm³/mol. The Morgan fingerprint density at radius 3 is 2.95 bits per heavy atom. The van der Waals surface area contributed by atoms with Gasteiger partial charge in [0.2, 0.25) is 5.95 Å². The molecule has 0 aromatic carbocycles. The first-order valence-corrected chi connectivity index (χ1v) is 5.71. The second-order valence-electron chi connectivity index (χ2n) is 3.87. The Bertz CT molecular complexity index is 530. The number of anilines is 2. The highest BCUT2D eigenvalue weighted by molar-refractivity contribution is 5.86. The number of nitrogen functional groups attached to an aromatic ring is 1. The Balaban J connectivity index is 2.16. The molecule has 2 rings (SSSR count). The number of ether oxygens (including phenoxy) is 2. The van der Waals surface area contributed by atoms with Gasteiger partial charge in [0.25, 0.3) is 0 Å². The standard InChI is InChI=1S/C10H17N7O2/c1-18-5-6(19-2)3-12-8-7-4-13-17-9(7)15-10(14-8)16-11/h4,6H,3,5,11H2,1-2H3,(H3,12,13,14,15,16,17). The zero-order valence-electron chi connectivity index (χ0n) is 10.8. The van der Waals surface area contributed by atoms with Crippen molar-refractivity contribution < 1.29 is 9.47 Å². The number of nitrogens with two attached hydrogens (primary N) is 1. The summed E-state index contributed by atoms with van der Waals surface area (Å²) in [5.41, 5.74) is 3.01. The first kappa shape index (κ1) is 13.5. The van der Waals surface area contributed by atoms with Crippen molar-refractivity contribution in [3.8, 4) is 0 Å². The number of hydrazine groups is 1. The lowest BCUT2D eigenvalue weighted by molar-refractivity contribution is 0.0365. The SMILES string of the molecule is COCC(CNc1nc(NN)nc2[nH]ncc12)OC. The molecule has 104 valence electrons. The van der Waals surface area contributed by atoms with Crippen molar-refractivity contribution in [2.24, 2.45) is 5.84 Å². The number of methoxy groups -OCH3 is 2. The summed E-state index contributed by atoms with van der Waals surface area (Å²) in [6.07, 6.45) is 1.58. The fraction of sp³-hybridized carbons (Fsp3) is 0.500. The monoisotopic (exact) mass is 267 g/mol. The van der Waals surface area contributed by atoms with E-state index in [0.29, 0.717) is 30.6 Å². The molecule has 0 saturated heterocycles. The highest BCUT2D eigenvalue weighted by Crippen LogP contribution is 2.19. The number of aromatic amines is 1. The molecule has 0 amide bonds. The number of hydrogen-bond donors (Lipinski definition) is 4. The van der Waals surface area contributed by atoms with Crippen LogP contribution in [0.4, 0.5) is 11.8 Å². The third-order valence-corrected chi connectivity index (χ3v) is 2.62. The van der Waals surface area contributed by atoms with Gasteiger partial charge in [0.05, 0.1) is 24.3 Å². The molecule has 0 fully saturated rings. The maximum Gasteiger partial charge on any atom is 0.241 e. The quantitative estimate of drug-likeness (QED) is 0.398. The molecule has 2 aromatic heterocycles. The lowest BCUT2D eigenvalue weighted by Gasteiger charge is -2.15. The van der Waals surface area contributed by atoms with E-state index in [9.17, 15) is 0 Å². The number of H-pyrrole nitrogens is 1. The lowest BCUT2D eigenvalue weighted by Crippen LogP contribution is -2.27. The van der Waals surface area contributed by atoms with E-state index in [2.05, 4.69) is 30.9 Å². The van der Waals surface area contributed by atoms with E-state index in [1.54, 1.807) is 20.4 Å². The van der Waals surface area contributed by atoms with Gasteiger partial charge < -0.3 is 14.8 Å². The van der Waals surface area contributed by atoms with E-state index in [0.717, 1.165) is 5.39 Å². The van der Waals surface area contributed by atoms with Crippen molar-refractivity contribution in [3.05, 3.63) is 6.20 Å². The highest BCUT2D eigenvalue weighted by atomic mass is 16.5. The van der Waals surface area contributed by atoms with Crippen LogP contribution in [0.25, 0.3) is 11.0 Å². The summed E-state index contributed by atoms with van der Waals surface area (Å²) in [6, 6.07) is 0. The van der Waals surface area contributed by atoms with E-state index in [1.807, 2.05) is 0 Å². The van der Waals surface area contributed by atoms with Gasteiger partial charge in [0.1, 0.15) is 5.82 Å². The summed E-state index contributed by atoms with van der Waals surface area (Å²) >= 11 is 0. The first-order valence-electron chi connectivity index (χ1n) is 5.71. The highest BCUT2D eigenvalue weighted by Gasteiger charge is 2.11. The van der Waals surface area contributed by atoms with Crippen LogP contribution in [-0.4, -0.2) is 53.6 Å². The number of fused-ring (bicyclic) bond motifs is 1. The summed E-state index contributed by atoms with van der Waals surface area (Å²) in [5.74, 6) is 6.26. The van der Waals surface area contributed by atoms with Crippen LogP contribution in [0.2, 0.25) is 0 Å². The van der Waals surface area contributed by atoms with Crippen molar-refractivity contribution in [2.75, 3.05) is 38.1 Å². The van der Waals surface area contributed by atoms with Gasteiger partial charge in [0, 0.05) is 20.8 Å². The minimum atomic E-state index is -0.0730. The van der Waals surface area contributed by atoms with Gasteiger partial charge in [-0.1, -0.05) is 0 Å². The second kappa shape index (κ2) is 6.27. The van der Waals surface area contributed by atoms with Gasteiger partial charge in [-0.25, -0.2) is 5.84 Å². The van der Waals surface area contributed by atoms with E-state index in [4.69, 9.17) is 15.3 Å². The summed E-state index contributed by atoms with van der Waals surface area (Å²) in [6.45, 7) is 1.04. The number of nitrogens with zero attached hydrogens (tertiary/aromatic N) is 3. The van der Waals surface area contributed by atoms with E-state index in [-0.39, 0.29) is 6.10 Å². The maximum absolute atomic E-state index is 5.33. The van der Waals surface area contributed by atoms with Crippen LogP contribution in [-0.2, 0) is 9.47 Å². The molecule has 1 unspecified atom stereocenters. The fourth-order valence-electron chi connectivity index (χ4n) is 1.64. The minimum absolute atomic E-state index is 0.0730. The van der Waals surface area contributed by atoms with Crippen LogP contribution in [0.5, 0.6) is 0 Å². The molecule has 0 aliphatic carbocycles. The molecule has 0 bridgehead atoms. The molecule has 1 atom stereocenters. The zero-order chi connectivity index (χ0) is 13.7. The Morgan fingerprint density at radius 1 is 1.42 bits per heavy atom. The van der Waals surface area contributed by atoms with E-state index < -0.39 is 0 Å². The third-order valence-electron chi connectivity index (χ3n) is 2.62. The number of aromatic nitrogens is 4. The number of nitrogens with one attached hydrogen (secondary N) is 3. The van der Waals surface area contributed by atoms with Crippen molar-refractivity contribution >= 4 is 22.8 Å². The molecule has 0 radical (unpaired) electrons. The Labute approximate surface area is 109 Å². The summed E-state index contributed by atoms with van der Waals surface area (Å²) in [7, 11) is 3.26. The van der Waals surface area contributed by atoms with Gasteiger partial charge in [-0.2, -0.15) is 15.1 Å². The molecular weight excluding hydrogens is 250 g/mol.